The Hall–Kier alpha value is -2.06. The minimum absolute atomic E-state index is 0.0291. The van der Waals surface area contributed by atoms with Gasteiger partial charge in [-0.05, 0) is 18.6 Å². The number of amides is 1. The van der Waals surface area contributed by atoms with Crippen molar-refractivity contribution in [1.29, 1.82) is 0 Å². The van der Waals surface area contributed by atoms with Gasteiger partial charge in [-0.25, -0.2) is 0 Å². The third-order valence-electron chi connectivity index (χ3n) is 2.99. The van der Waals surface area contributed by atoms with Gasteiger partial charge in [0.1, 0.15) is 11.0 Å². The highest BCUT2D eigenvalue weighted by atomic mass is 35.5. The average molecular weight is 356 g/mol. The highest BCUT2D eigenvalue weighted by Crippen LogP contribution is 2.25. The third-order valence-corrected chi connectivity index (χ3v) is 4.35. The second-order valence-corrected chi connectivity index (χ2v) is 6.30. The molecule has 0 spiro atoms. The summed E-state index contributed by atoms with van der Waals surface area (Å²) in [4.78, 5) is 22.2. The van der Waals surface area contributed by atoms with E-state index in [1.54, 1.807) is 12.1 Å². The summed E-state index contributed by atoms with van der Waals surface area (Å²) in [6.07, 6.45) is 1.07. The van der Waals surface area contributed by atoms with Crippen LogP contribution in [-0.2, 0) is 15.5 Å². The van der Waals surface area contributed by atoms with E-state index in [0.29, 0.717) is 11.1 Å². The molecular formula is C14H14ClN3O4S. The summed E-state index contributed by atoms with van der Waals surface area (Å²) in [7, 11) is 0. The van der Waals surface area contributed by atoms with Gasteiger partial charge < -0.3 is 15.5 Å². The van der Waals surface area contributed by atoms with Gasteiger partial charge in [0.25, 0.3) is 0 Å². The van der Waals surface area contributed by atoms with E-state index in [9.17, 15) is 14.7 Å². The molecule has 1 atom stereocenters. The number of phenols is 1. The van der Waals surface area contributed by atoms with Crippen molar-refractivity contribution in [3.63, 3.8) is 0 Å². The lowest BCUT2D eigenvalue weighted by Gasteiger charge is -2.05. The number of nitrogens with zero attached hydrogens (tertiary/aromatic N) is 2. The zero-order valence-corrected chi connectivity index (χ0v) is 13.7. The number of nitrogens with one attached hydrogen (secondary N) is 1. The van der Waals surface area contributed by atoms with Gasteiger partial charge in [-0.3, -0.25) is 9.59 Å². The van der Waals surface area contributed by atoms with Crippen molar-refractivity contribution >= 4 is 46.6 Å². The van der Waals surface area contributed by atoms with E-state index in [1.165, 1.54) is 6.21 Å². The standard InChI is InChI=1S/C14H14ClN3O4S/c1-7-2-8(5-15)12(21)9(3-7)6-16-18-14-17-13(22)10(23-14)4-11(19)20/h2-3,6,10,21H,4-5H2,1H3,(H,19,20)(H,17,18,22). The van der Waals surface area contributed by atoms with E-state index >= 15 is 0 Å². The van der Waals surface area contributed by atoms with Crippen molar-refractivity contribution in [2.75, 3.05) is 0 Å². The van der Waals surface area contributed by atoms with Crippen molar-refractivity contribution in [2.24, 2.45) is 10.2 Å². The quantitative estimate of drug-likeness (QED) is 0.424. The minimum Gasteiger partial charge on any atom is -0.507 e. The van der Waals surface area contributed by atoms with Crippen LogP contribution in [0.5, 0.6) is 5.75 Å². The molecule has 2 rings (SSSR count). The van der Waals surface area contributed by atoms with Gasteiger partial charge in [-0.15, -0.1) is 16.7 Å². The van der Waals surface area contributed by atoms with Crippen LogP contribution in [0.15, 0.2) is 22.3 Å². The van der Waals surface area contributed by atoms with E-state index in [1.807, 2.05) is 6.92 Å². The lowest BCUT2D eigenvalue weighted by molar-refractivity contribution is -0.138. The molecule has 1 aliphatic rings. The zero-order chi connectivity index (χ0) is 17.0. The number of phenolic OH excluding ortho intramolecular Hbond substituents is 1. The molecule has 0 aromatic heterocycles. The van der Waals surface area contributed by atoms with E-state index in [4.69, 9.17) is 16.7 Å². The fourth-order valence-corrected chi connectivity index (χ4v) is 3.09. The molecule has 3 N–H and O–H groups in total. The average Bonchev–Trinajstić information content (AvgIpc) is 2.81. The van der Waals surface area contributed by atoms with E-state index < -0.39 is 17.1 Å². The molecule has 1 aliphatic heterocycles. The number of thioether (sulfide) groups is 1. The molecular weight excluding hydrogens is 342 g/mol. The summed E-state index contributed by atoms with van der Waals surface area (Å²) in [6.45, 7) is 1.86. The first kappa shape index (κ1) is 17.3. The largest absolute Gasteiger partial charge is 0.507 e. The van der Waals surface area contributed by atoms with Crippen LogP contribution in [0.4, 0.5) is 0 Å². The fourth-order valence-electron chi connectivity index (χ4n) is 1.97. The van der Waals surface area contributed by atoms with Crippen LogP contribution in [0.2, 0.25) is 0 Å². The van der Waals surface area contributed by atoms with Crippen molar-refractivity contribution in [2.45, 2.75) is 24.5 Å². The highest BCUT2D eigenvalue weighted by molar-refractivity contribution is 8.15. The molecule has 9 heteroatoms. The van der Waals surface area contributed by atoms with Crippen LogP contribution < -0.4 is 5.32 Å². The SMILES string of the molecule is Cc1cc(C=NN=C2NC(=O)C(CC(=O)O)S2)c(O)c(CCl)c1. The highest BCUT2D eigenvalue weighted by Gasteiger charge is 2.32. The molecule has 1 fully saturated rings. The van der Waals surface area contributed by atoms with Crippen LogP contribution in [0.3, 0.4) is 0 Å². The van der Waals surface area contributed by atoms with Gasteiger partial charge in [0.2, 0.25) is 5.91 Å². The maximum atomic E-state index is 11.6. The Balaban J connectivity index is 2.12. The Bertz CT molecular complexity index is 706. The second-order valence-electron chi connectivity index (χ2n) is 4.84. The number of aliphatic carboxylic acids is 1. The fraction of sp³-hybridized carbons (Fsp3) is 0.286. The monoisotopic (exact) mass is 355 g/mol. The summed E-state index contributed by atoms with van der Waals surface area (Å²) < 4.78 is 0. The lowest BCUT2D eigenvalue weighted by atomic mass is 10.1. The van der Waals surface area contributed by atoms with Crippen LogP contribution in [0.1, 0.15) is 23.1 Å². The van der Waals surface area contributed by atoms with Gasteiger partial charge in [0.05, 0.1) is 18.5 Å². The van der Waals surface area contributed by atoms with Crippen LogP contribution in [-0.4, -0.2) is 38.7 Å². The first-order chi connectivity index (χ1) is 10.9. The number of aryl methyl sites for hydroxylation is 1. The maximum absolute atomic E-state index is 11.6. The van der Waals surface area contributed by atoms with Gasteiger partial charge in [0.15, 0.2) is 5.17 Å². The Labute approximate surface area is 141 Å². The number of amidine groups is 1. The van der Waals surface area contributed by atoms with E-state index in [2.05, 4.69) is 15.5 Å². The van der Waals surface area contributed by atoms with Crippen molar-refractivity contribution in [3.8, 4) is 5.75 Å². The minimum atomic E-state index is -1.05. The molecule has 1 amide bonds. The van der Waals surface area contributed by atoms with Crippen LogP contribution in [0, 0.1) is 6.92 Å². The Morgan fingerprint density at radius 2 is 2.26 bits per heavy atom. The van der Waals surface area contributed by atoms with Gasteiger partial charge in [-0.2, -0.15) is 5.10 Å². The topological polar surface area (TPSA) is 111 Å². The number of hydrogen-bond donors (Lipinski definition) is 3. The number of alkyl halides is 1. The molecule has 1 aromatic carbocycles. The first-order valence-corrected chi connectivity index (χ1v) is 8.01. The Kier molecular flexibility index (Phi) is 5.62. The third kappa shape index (κ3) is 4.46. The molecule has 0 aliphatic carbocycles. The predicted molar refractivity (Wildman–Crippen MR) is 89.2 cm³/mol. The van der Waals surface area contributed by atoms with Crippen molar-refractivity contribution in [3.05, 3.63) is 28.8 Å². The summed E-state index contributed by atoms with van der Waals surface area (Å²) >= 11 is 6.76. The number of benzene rings is 1. The molecule has 0 radical (unpaired) electrons. The number of carbonyl (C=O) groups excluding carboxylic acids is 1. The predicted octanol–water partition coefficient (Wildman–Crippen LogP) is 1.84. The summed E-state index contributed by atoms with van der Waals surface area (Å²) in [6, 6.07) is 3.50. The number of carbonyl (C=O) groups is 2. The molecule has 1 saturated heterocycles. The number of aromatic hydroxyl groups is 1. The summed E-state index contributed by atoms with van der Waals surface area (Å²) in [5, 5.41) is 28.4. The van der Waals surface area contributed by atoms with Gasteiger partial charge in [-0.1, -0.05) is 17.8 Å². The number of halogens is 1. The number of carboxylic acid groups (broad SMARTS) is 1. The van der Waals surface area contributed by atoms with Crippen molar-refractivity contribution < 1.29 is 19.8 Å². The van der Waals surface area contributed by atoms with Crippen LogP contribution >= 0.6 is 23.4 Å². The number of hydrogen-bond acceptors (Lipinski definition) is 6. The Morgan fingerprint density at radius 1 is 1.52 bits per heavy atom. The van der Waals surface area contributed by atoms with E-state index in [0.717, 1.165) is 17.3 Å². The van der Waals surface area contributed by atoms with Crippen LogP contribution in [0.25, 0.3) is 0 Å². The maximum Gasteiger partial charge on any atom is 0.305 e. The number of carboxylic acids is 1. The summed E-state index contributed by atoms with van der Waals surface area (Å²) in [5.74, 6) is -1.26. The molecule has 122 valence electrons. The molecule has 0 bridgehead atoms. The smallest absolute Gasteiger partial charge is 0.305 e. The molecule has 1 heterocycles. The molecule has 23 heavy (non-hydrogen) atoms. The van der Waals surface area contributed by atoms with Crippen molar-refractivity contribution in [1.82, 2.24) is 5.32 Å². The van der Waals surface area contributed by atoms with E-state index in [-0.39, 0.29) is 23.2 Å². The second kappa shape index (κ2) is 7.47. The van der Waals surface area contributed by atoms with Gasteiger partial charge >= 0.3 is 5.97 Å². The molecule has 1 aromatic rings. The zero-order valence-electron chi connectivity index (χ0n) is 12.1. The summed E-state index contributed by atoms with van der Waals surface area (Å²) in [5.41, 5.74) is 1.96. The Morgan fingerprint density at radius 3 is 2.91 bits per heavy atom. The normalized spacial score (nSPS) is 19.5. The molecule has 1 unspecified atom stereocenters. The number of rotatable bonds is 5. The first-order valence-electron chi connectivity index (χ1n) is 6.59. The van der Waals surface area contributed by atoms with Gasteiger partial charge in [0, 0.05) is 11.1 Å². The molecule has 0 saturated carbocycles. The molecule has 7 nitrogen and oxygen atoms in total. The lowest BCUT2D eigenvalue weighted by Crippen LogP contribution is -2.26.